The van der Waals surface area contributed by atoms with E-state index in [-0.39, 0.29) is 18.4 Å². The second kappa shape index (κ2) is 11.6. The number of rotatable bonds is 10. The molecule has 0 aliphatic rings. The van der Waals surface area contributed by atoms with Crippen LogP contribution in [-0.4, -0.2) is 46.6 Å². The number of nitrogens with one attached hydrogen (secondary N) is 1. The van der Waals surface area contributed by atoms with Gasteiger partial charge in [-0.25, -0.2) is 4.68 Å². The highest BCUT2D eigenvalue weighted by Crippen LogP contribution is 2.37. The van der Waals surface area contributed by atoms with Crippen molar-refractivity contribution in [1.29, 1.82) is 0 Å². The number of methoxy groups -OCH3 is 2. The van der Waals surface area contributed by atoms with Crippen LogP contribution < -0.4 is 19.7 Å². The zero-order valence-electron chi connectivity index (χ0n) is 23.3. The molecule has 1 heterocycles. The fraction of sp³-hybridized carbons (Fsp3) is 0.333. The lowest BCUT2D eigenvalue weighted by Gasteiger charge is -2.35. The molecule has 0 unspecified atom stereocenters. The van der Waals surface area contributed by atoms with Crippen molar-refractivity contribution in [2.45, 2.75) is 52.2 Å². The Hall–Kier alpha value is -4.40. The van der Waals surface area contributed by atoms with Gasteiger partial charge in [0.15, 0.2) is 0 Å². The van der Waals surface area contributed by atoms with Gasteiger partial charge >= 0.3 is 0 Å². The van der Waals surface area contributed by atoms with Gasteiger partial charge in [0.1, 0.15) is 29.6 Å². The van der Waals surface area contributed by atoms with Gasteiger partial charge < -0.3 is 14.8 Å². The average molecular weight is 530 g/mol. The van der Waals surface area contributed by atoms with Crippen LogP contribution in [0.4, 0.5) is 5.69 Å². The highest BCUT2D eigenvalue weighted by atomic mass is 16.5. The maximum Gasteiger partial charge on any atom is 0.249 e. The summed E-state index contributed by atoms with van der Waals surface area (Å²) >= 11 is 0. The van der Waals surface area contributed by atoms with Gasteiger partial charge in [0.05, 0.1) is 19.7 Å². The molecule has 1 aromatic heterocycles. The van der Waals surface area contributed by atoms with E-state index >= 15 is 0 Å². The van der Waals surface area contributed by atoms with Crippen molar-refractivity contribution in [3.8, 4) is 11.5 Å². The number of ether oxygens (including phenoxy) is 2. The first-order valence-electron chi connectivity index (χ1n) is 12.9. The Morgan fingerprint density at radius 3 is 2.44 bits per heavy atom. The van der Waals surface area contributed by atoms with Crippen LogP contribution in [-0.2, 0) is 16.1 Å². The lowest BCUT2D eigenvalue weighted by molar-refractivity contribution is -0.128. The quantitative estimate of drug-likeness (QED) is 0.316. The molecule has 0 fully saturated rings. The third-order valence-electron chi connectivity index (χ3n) is 6.93. The number of para-hydroxylation sites is 2. The number of carbonyl (C=O) groups excluding carboxylic acids is 2. The van der Waals surface area contributed by atoms with Crippen LogP contribution in [0.25, 0.3) is 11.0 Å². The molecule has 4 rings (SSSR count). The third kappa shape index (κ3) is 5.87. The smallest absolute Gasteiger partial charge is 0.249 e. The van der Waals surface area contributed by atoms with Crippen molar-refractivity contribution in [3.63, 3.8) is 0 Å². The predicted octanol–water partition coefficient (Wildman–Crippen LogP) is 4.84. The van der Waals surface area contributed by atoms with Crippen molar-refractivity contribution in [1.82, 2.24) is 20.3 Å². The molecule has 0 saturated carbocycles. The monoisotopic (exact) mass is 529 g/mol. The summed E-state index contributed by atoms with van der Waals surface area (Å²) in [5, 5.41) is 11.6. The van der Waals surface area contributed by atoms with E-state index in [1.165, 1.54) is 12.0 Å². The van der Waals surface area contributed by atoms with E-state index in [9.17, 15) is 9.59 Å². The fourth-order valence-corrected chi connectivity index (χ4v) is 4.43. The van der Waals surface area contributed by atoms with Crippen LogP contribution in [0, 0.1) is 6.92 Å². The lowest BCUT2D eigenvalue weighted by Crippen LogP contribution is -2.51. The number of amides is 2. The molecule has 39 heavy (non-hydrogen) atoms. The van der Waals surface area contributed by atoms with E-state index in [1.54, 1.807) is 30.0 Å². The minimum Gasteiger partial charge on any atom is -0.497 e. The number of aromatic nitrogens is 3. The summed E-state index contributed by atoms with van der Waals surface area (Å²) in [5.41, 5.74) is 2.84. The maximum absolute atomic E-state index is 14.3. The molecule has 0 aliphatic carbocycles. The first kappa shape index (κ1) is 27.6. The first-order valence-corrected chi connectivity index (χ1v) is 12.9. The Morgan fingerprint density at radius 1 is 1.03 bits per heavy atom. The van der Waals surface area contributed by atoms with E-state index in [0.29, 0.717) is 34.7 Å². The van der Waals surface area contributed by atoms with E-state index in [4.69, 9.17) is 9.47 Å². The van der Waals surface area contributed by atoms with Gasteiger partial charge in [0.25, 0.3) is 0 Å². The number of hydrogen-bond acceptors (Lipinski definition) is 6. The summed E-state index contributed by atoms with van der Waals surface area (Å²) in [6.45, 7) is 7.69. The molecule has 1 atom stereocenters. The molecule has 0 saturated heterocycles. The molecular weight excluding hydrogens is 494 g/mol. The van der Waals surface area contributed by atoms with Gasteiger partial charge in [-0.15, -0.1) is 5.10 Å². The normalized spacial score (nSPS) is 12.2. The van der Waals surface area contributed by atoms with Gasteiger partial charge in [-0.05, 0) is 69.2 Å². The Balaban J connectivity index is 1.91. The first-order chi connectivity index (χ1) is 18.7. The van der Waals surface area contributed by atoms with Crippen LogP contribution in [0.15, 0.2) is 66.7 Å². The lowest BCUT2D eigenvalue weighted by atomic mass is 9.97. The van der Waals surface area contributed by atoms with Gasteiger partial charge in [0.2, 0.25) is 11.8 Å². The summed E-state index contributed by atoms with van der Waals surface area (Å²) in [4.78, 5) is 30.0. The molecule has 9 nitrogen and oxygen atoms in total. The van der Waals surface area contributed by atoms with Gasteiger partial charge in [-0.1, -0.05) is 42.5 Å². The van der Waals surface area contributed by atoms with E-state index in [2.05, 4.69) is 15.6 Å². The Bertz CT molecular complexity index is 1480. The molecule has 0 bridgehead atoms. The molecule has 204 valence electrons. The number of benzene rings is 3. The summed E-state index contributed by atoms with van der Waals surface area (Å²) in [6.07, 6.45) is 0.698. The van der Waals surface area contributed by atoms with Crippen LogP contribution in [0.5, 0.6) is 11.5 Å². The molecule has 4 aromatic rings. The van der Waals surface area contributed by atoms with E-state index in [1.807, 2.05) is 76.2 Å². The van der Waals surface area contributed by atoms with Crippen molar-refractivity contribution >= 4 is 28.5 Å². The Kier molecular flexibility index (Phi) is 8.18. The minimum absolute atomic E-state index is 0.123. The van der Waals surface area contributed by atoms with E-state index in [0.717, 1.165) is 11.1 Å². The highest BCUT2D eigenvalue weighted by Gasteiger charge is 2.37. The number of carbonyl (C=O) groups is 2. The average Bonchev–Trinajstić information content (AvgIpc) is 3.34. The Labute approximate surface area is 228 Å². The van der Waals surface area contributed by atoms with Crippen LogP contribution in [0.1, 0.15) is 44.4 Å². The molecule has 1 N–H and O–H groups in total. The molecule has 0 aliphatic heterocycles. The molecule has 3 aromatic carbocycles. The number of aryl methyl sites for hydroxylation is 1. The fourth-order valence-electron chi connectivity index (χ4n) is 4.43. The zero-order valence-corrected chi connectivity index (χ0v) is 23.3. The number of anilines is 1. The topological polar surface area (TPSA) is 98.6 Å². The Morgan fingerprint density at radius 2 is 1.74 bits per heavy atom. The largest absolute Gasteiger partial charge is 0.497 e. The van der Waals surface area contributed by atoms with Gasteiger partial charge in [-0.3, -0.25) is 14.5 Å². The zero-order chi connectivity index (χ0) is 28.2. The maximum atomic E-state index is 14.3. The van der Waals surface area contributed by atoms with Gasteiger partial charge in [-0.2, -0.15) is 0 Å². The summed E-state index contributed by atoms with van der Waals surface area (Å²) in [5.74, 6) is 0.327. The number of hydrogen-bond donors (Lipinski definition) is 1. The number of fused-ring (bicyclic) bond motifs is 1. The van der Waals surface area contributed by atoms with Crippen LogP contribution in [0.2, 0.25) is 0 Å². The standard InChI is InChI=1S/C30H35N5O4/c1-7-30(3,4)31-29(37)28(22-18-21(38-5)16-17-26(22)39-6)35(24-14-10-8-12-20(24)2)27(36)19-34-25-15-11-9-13-23(25)32-33-34/h8-18,28H,7,19H2,1-6H3,(H,31,37)/t28-/m0/s1. The van der Waals surface area contributed by atoms with Crippen LogP contribution in [0.3, 0.4) is 0 Å². The summed E-state index contributed by atoms with van der Waals surface area (Å²) < 4.78 is 12.7. The summed E-state index contributed by atoms with van der Waals surface area (Å²) in [7, 11) is 3.10. The van der Waals surface area contributed by atoms with Crippen LogP contribution >= 0.6 is 0 Å². The third-order valence-corrected chi connectivity index (χ3v) is 6.93. The minimum atomic E-state index is -1.07. The van der Waals surface area contributed by atoms with Gasteiger partial charge in [0, 0.05) is 16.8 Å². The molecule has 2 amide bonds. The van der Waals surface area contributed by atoms with Crippen molar-refractivity contribution < 1.29 is 19.1 Å². The predicted molar refractivity (Wildman–Crippen MR) is 151 cm³/mol. The SMILES string of the molecule is CCC(C)(C)NC(=O)[C@H](c1cc(OC)ccc1OC)N(C(=O)Cn1nnc2ccccc21)c1ccccc1C. The van der Waals surface area contributed by atoms with Crippen molar-refractivity contribution in [2.24, 2.45) is 0 Å². The number of nitrogens with zero attached hydrogens (tertiary/aromatic N) is 4. The molecular formula is C30H35N5O4. The summed E-state index contributed by atoms with van der Waals surface area (Å²) in [6, 6.07) is 19.1. The molecule has 0 radical (unpaired) electrons. The second-order valence-electron chi connectivity index (χ2n) is 10.0. The molecule has 9 heteroatoms. The van der Waals surface area contributed by atoms with Crippen molar-refractivity contribution in [2.75, 3.05) is 19.1 Å². The van der Waals surface area contributed by atoms with Crippen molar-refractivity contribution in [3.05, 3.63) is 77.9 Å². The van der Waals surface area contributed by atoms with E-state index < -0.39 is 11.6 Å². The molecule has 0 spiro atoms. The highest BCUT2D eigenvalue weighted by molar-refractivity contribution is 6.02. The second-order valence-corrected chi connectivity index (χ2v) is 10.0.